The monoisotopic (exact) mass is 170 g/mol. The highest BCUT2D eigenvalue weighted by Crippen LogP contribution is 2.03. The summed E-state index contributed by atoms with van der Waals surface area (Å²) in [4.78, 5) is 0. The molecule has 1 heteroatoms. The van der Waals surface area contributed by atoms with Gasteiger partial charge in [0.05, 0.1) is 6.10 Å². The van der Waals surface area contributed by atoms with Crippen molar-refractivity contribution in [2.24, 2.45) is 0 Å². The summed E-state index contributed by atoms with van der Waals surface area (Å²) in [6, 6.07) is 0. The van der Waals surface area contributed by atoms with Crippen molar-refractivity contribution in [2.75, 3.05) is 0 Å². The fraction of sp³-hybridized carbons (Fsp3) is 0.818. The van der Waals surface area contributed by atoms with E-state index in [4.69, 9.17) is 0 Å². The molecule has 0 aromatic rings. The molecule has 0 aromatic carbocycles. The van der Waals surface area contributed by atoms with E-state index in [0.29, 0.717) is 0 Å². The number of aliphatic hydroxyl groups excluding tert-OH is 1. The molecule has 0 heterocycles. The van der Waals surface area contributed by atoms with Crippen LogP contribution >= 0.6 is 0 Å². The zero-order chi connectivity index (χ0) is 9.23. The molecule has 0 radical (unpaired) electrons. The summed E-state index contributed by atoms with van der Waals surface area (Å²) in [5.41, 5.74) is 0. The Hall–Kier alpha value is -0.300. The van der Waals surface area contributed by atoms with Gasteiger partial charge in [-0.25, -0.2) is 0 Å². The molecule has 0 unspecified atom stereocenters. The molecule has 0 aliphatic carbocycles. The third-order valence-electron chi connectivity index (χ3n) is 1.94. The van der Waals surface area contributed by atoms with E-state index in [9.17, 15) is 5.11 Å². The van der Waals surface area contributed by atoms with Gasteiger partial charge in [-0.05, 0) is 12.8 Å². The van der Waals surface area contributed by atoms with E-state index >= 15 is 0 Å². The lowest BCUT2D eigenvalue weighted by Crippen LogP contribution is -2.00. The Morgan fingerprint density at radius 1 is 1.17 bits per heavy atom. The summed E-state index contributed by atoms with van der Waals surface area (Å²) >= 11 is 0. The minimum Gasteiger partial charge on any atom is -0.389 e. The minimum atomic E-state index is -0.207. The van der Waals surface area contributed by atoms with E-state index in [1.54, 1.807) is 0 Å². The van der Waals surface area contributed by atoms with E-state index in [1.165, 1.54) is 19.3 Å². The van der Waals surface area contributed by atoms with Crippen molar-refractivity contribution in [3.05, 3.63) is 12.2 Å². The lowest BCUT2D eigenvalue weighted by atomic mass is 10.1. The van der Waals surface area contributed by atoms with Crippen molar-refractivity contribution in [3.63, 3.8) is 0 Å². The van der Waals surface area contributed by atoms with E-state index < -0.39 is 0 Å². The maximum absolute atomic E-state index is 9.39. The fourth-order valence-corrected chi connectivity index (χ4v) is 1.08. The van der Waals surface area contributed by atoms with E-state index in [0.717, 1.165) is 19.3 Å². The molecule has 0 spiro atoms. The van der Waals surface area contributed by atoms with Crippen molar-refractivity contribution in [1.29, 1.82) is 0 Å². The van der Waals surface area contributed by atoms with Crippen molar-refractivity contribution < 1.29 is 5.11 Å². The molecule has 12 heavy (non-hydrogen) atoms. The summed E-state index contributed by atoms with van der Waals surface area (Å²) in [5.74, 6) is 0. The van der Waals surface area contributed by atoms with Gasteiger partial charge >= 0.3 is 0 Å². The van der Waals surface area contributed by atoms with Crippen LogP contribution in [0.1, 0.15) is 52.4 Å². The molecule has 0 saturated heterocycles. The molecule has 0 aliphatic rings. The SMILES string of the molecule is CCCC/C=C\[C@@H](O)CCCC. The van der Waals surface area contributed by atoms with Crippen LogP contribution < -0.4 is 0 Å². The van der Waals surface area contributed by atoms with E-state index in [2.05, 4.69) is 19.9 Å². The van der Waals surface area contributed by atoms with Gasteiger partial charge in [0, 0.05) is 0 Å². The Morgan fingerprint density at radius 3 is 2.42 bits per heavy atom. The number of unbranched alkanes of at least 4 members (excludes halogenated alkanes) is 3. The van der Waals surface area contributed by atoms with Gasteiger partial charge in [-0.2, -0.15) is 0 Å². The van der Waals surface area contributed by atoms with Crippen LogP contribution in [0.4, 0.5) is 0 Å². The molecule has 0 aliphatic heterocycles. The van der Waals surface area contributed by atoms with Crippen LogP contribution in [-0.4, -0.2) is 11.2 Å². The largest absolute Gasteiger partial charge is 0.389 e. The van der Waals surface area contributed by atoms with Crippen LogP contribution in [0.15, 0.2) is 12.2 Å². The number of rotatable bonds is 7. The topological polar surface area (TPSA) is 20.2 Å². The molecule has 1 atom stereocenters. The zero-order valence-corrected chi connectivity index (χ0v) is 8.42. The molecular weight excluding hydrogens is 148 g/mol. The first-order valence-corrected chi connectivity index (χ1v) is 5.16. The molecule has 0 rings (SSSR count). The van der Waals surface area contributed by atoms with Crippen LogP contribution in [0.3, 0.4) is 0 Å². The molecule has 0 aromatic heterocycles. The Bertz CT molecular complexity index is 108. The molecule has 0 fully saturated rings. The molecule has 0 amide bonds. The third kappa shape index (κ3) is 7.80. The summed E-state index contributed by atoms with van der Waals surface area (Å²) in [5, 5.41) is 9.39. The quantitative estimate of drug-likeness (QED) is 0.459. The lowest BCUT2D eigenvalue weighted by Gasteiger charge is -2.02. The molecule has 0 bridgehead atoms. The molecular formula is C11H22O. The summed E-state index contributed by atoms with van der Waals surface area (Å²) in [7, 11) is 0. The average molecular weight is 170 g/mol. The van der Waals surface area contributed by atoms with Crippen molar-refractivity contribution in [2.45, 2.75) is 58.5 Å². The third-order valence-corrected chi connectivity index (χ3v) is 1.94. The highest BCUT2D eigenvalue weighted by atomic mass is 16.3. The van der Waals surface area contributed by atoms with Gasteiger partial charge in [0.1, 0.15) is 0 Å². The van der Waals surface area contributed by atoms with Gasteiger partial charge in [0.15, 0.2) is 0 Å². The highest BCUT2D eigenvalue weighted by Gasteiger charge is 1.95. The number of hydrogen-bond acceptors (Lipinski definition) is 1. The predicted molar refractivity (Wildman–Crippen MR) is 54.2 cm³/mol. The maximum Gasteiger partial charge on any atom is 0.0720 e. The van der Waals surface area contributed by atoms with Crippen LogP contribution in [0.5, 0.6) is 0 Å². The van der Waals surface area contributed by atoms with Crippen LogP contribution in [-0.2, 0) is 0 Å². The second-order valence-electron chi connectivity index (χ2n) is 3.28. The summed E-state index contributed by atoms with van der Waals surface area (Å²) in [6.45, 7) is 4.33. The lowest BCUT2D eigenvalue weighted by molar-refractivity contribution is 0.209. The van der Waals surface area contributed by atoms with Crippen molar-refractivity contribution in [1.82, 2.24) is 0 Å². The first kappa shape index (κ1) is 11.7. The van der Waals surface area contributed by atoms with Gasteiger partial charge in [-0.1, -0.05) is 51.7 Å². The zero-order valence-electron chi connectivity index (χ0n) is 8.42. The second-order valence-corrected chi connectivity index (χ2v) is 3.28. The van der Waals surface area contributed by atoms with Crippen LogP contribution in [0, 0.1) is 0 Å². The smallest absolute Gasteiger partial charge is 0.0720 e. The Balaban J connectivity index is 3.27. The van der Waals surface area contributed by atoms with Gasteiger partial charge < -0.3 is 5.11 Å². The van der Waals surface area contributed by atoms with E-state index in [1.807, 2.05) is 6.08 Å². The van der Waals surface area contributed by atoms with Crippen molar-refractivity contribution >= 4 is 0 Å². The Kier molecular flexibility index (Phi) is 8.57. The number of allylic oxidation sites excluding steroid dienone is 1. The van der Waals surface area contributed by atoms with Crippen LogP contribution in [0.2, 0.25) is 0 Å². The number of hydrogen-bond donors (Lipinski definition) is 1. The van der Waals surface area contributed by atoms with E-state index in [-0.39, 0.29) is 6.10 Å². The molecule has 0 saturated carbocycles. The van der Waals surface area contributed by atoms with Crippen molar-refractivity contribution in [3.8, 4) is 0 Å². The first-order valence-electron chi connectivity index (χ1n) is 5.16. The first-order chi connectivity index (χ1) is 5.81. The second kappa shape index (κ2) is 8.79. The molecule has 72 valence electrons. The Labute approximate surface area is 76.5 Å². The predicted octanol–water partition coefficient (Wildman–Crippen LogP) is 3.28. The number of aliphatic hydroxyl groups is 1. The standard InChI is InChI=1S/C11H22O/c1-3-5-7-8-10-11(12)9-6-4-2/h8,10-12H,3-7,9H2,1-2H3/b10-8-/t11-/m0/s1. The molecule has 1 nitrogen and oxygen atoms in total. The molecule has 1 N–H and O–H groups in total. The summed E-state index contributed by atoms with van der Waals surface area (Å²) in [6.07, 6.45) is 10.6. The van der Waals surface area contributed by atoms with Gasteiger partial charge in [0.2, 0.25) is 0 Å². The van der Waals surface area contributed by atoms with Gasteiger partial charge in [0.25, 0.3) is 0 Å². The average Bonchev–Trinajstić information content (AvgIpc) is 2.09. The highest BCUT2D eigenvalue weighted by molar-refractivity contribution is 4.88. The Morgan fingerprint density at radius 2 is 1.83 bits per heavy atom. The van der Waals surface area contributed by atoms with Crippen LogP contribution in [0.25, 0.3) is 0 Å². The minimum absolute atomic E-state index is 0.207. The van der Waals surface area contributed by atoms with Gasteiger partial charge in [-0.3, -0.25) is 0 Å². The normalized spacial score (nSPS) is 13.9. The summed E-state index contributed by atoms with van der Waals surface area (Å²) < 4.78 is 0. The maximum atomic E-state index is 9.39. The fourth-order valence-electron chi connectivity index (χ4n) is 1.08. The van der Waals surface area contributed by atoms with Gasteiger partial charge in [-0.15, -0.1) is 0 Å².